The Morgan fingerprint density at radius 1 is 1.15 bits per heavy atom. The topological polar surface area (TPSA) is 56.8 Å². The average Bonchev–Trinajstić information content (AvgIpc) is 2.72. The van der Waals surface area contributed by atoms with Gasteiger partial charge in [-0.25, -0.2) is 4.79 Å². The third-order valence-corrected chi connectivity index (χ3v) is 4.94. The van der Waals surface area contributed by atoms with Crippen LogP contribution in [0.2, 0.25) is 0 Å². The van der Waals surface area contributed by atoms with Gasteiger partial charge in [-0.2, -0.15) is 0 Å². The van der Waals surface area contributed by atoms with Crippen LogP contribution in [0.3, 0.4) is 0 Å². The van der Waals surface area contributed by atoms with E-state index in [1.807, 2.05) is 78.8 Å². The van der Waals surface area contributed by atoms with Crippen molar-refractivity contribution in [2.24, 2.45) is 0 Å². The van der Waals surface area contributed by atoms with Crippen molar-refractivity contribution in [3.63, 3.8) is 0 Å². The van der Waals surface area contributed by atoms with Crippen LogP contribution in [0.5, 0.6) is 0 Å². The lowest BCUT2D eigenvalue weighted by atomic mass is 9.77. The van der Waals surface area contributed by atoms with Gasteiger partial charge < -0.3 is 19.4 Å². The number of benzene rings is 1. The number of hydrogen-bond acceptors (Lipinski definition) is 5. The first-order valence-electron chi connectivity index (χ1n) is 9.11. The highest BCUT2D eigenvalue weighted by Crippen LogP contribution is 2.38. The van der Waals surface area contributed by atoms with Gasteiger partial charge in [0.05, 0.1) is 11.2 Å². The quantitative estimate of drug-likeness (QED) is 0.586. The zero-order valence-electron chi connectivity index (χ0n) is 17.3. The van der Waals surface area contributed by atoms with Crippen LogP contribution in [0.25, 0.3) is 6.08 Å². The number of amides is 1. The van der Waals surface area contributed by atoms with E-state index in [2.05, 4.69) is 17.9 Å². The van der Waals surface area contributed by atoms with Gasteiger partial charge in [-0.15, -0.1) is 12.6 Å². The van der Waals surface area contributed by atoms with Crippen LogP contribution in [-0.4, -0.2) is 36.6 Å². The molecule has 0 aliphatic carbocycles. The minimum atomic E-state index is -0.555. The highest BCUT2D eigenvalue weighted by Gasteiger charge is 2.52. The summed E-state index contributed by atoms with van der Waals surface area (Å²) in [6, 6.07) is 7.75. The van der Waals surface area contributed by atoms with E-state index in [0.29, 0.717) is 0 Å². The summed E-state index contributed by atoms with van der Waals surface area (Å²) in [6.07, 6.45) is 1.49. The normalized spacial score (nSPS) is 19.1. The van der Waals surface area contributed by atoms with Crippen molar-refractivity contribution in [2.75, 3.05) is 6.54 Å². The number of thiol groups is 1. The van der Waals surface area contributed by atoms with Crippen molar-refractivity contribution in [3.05, 3.63) is 35.3 Å². The van der Waals surface area contributed by atoms with Gasteiger partial charge in [-0.1, -0.05) is 18.2 Å². The number of nitrogens with one attached hydrogen (secondary N) is 1. The molecular formula is C20H30BNO4S. The Bertz CT molecular complexity index is 692. The largest absolute Gasteiger partial charge is 0.492 e. The molecule has 1 heterocycles. The van der Waals surface area contributed by atoms with Crippen LogP contribution < -0.4 is 5.32 Å². The molecule has 2 rings (SSSR count). The molecule has 1 N–H and O–H groups in total. The summed E-state index contributed by atoms with van der Waals surface area (Å²) in [5.74, 6) is 0. The molecule has 0 unspecified atom stereocenters. The van der Waals surface area contributed by atoms with E-state index in [9.17, 15) is 4.79 Å². The predicted molar refractivity (Wildman–Crippen MR) is 112 cm³/mol. The Kier molecular flexibility index (Phi) is 6.39. The summed E-state index contributed by atoms with van der Waals surface area (Å²) >= 11 is 4.32. The zero-order chi connectivity index (χ0) is 20.5. The summed E-state index contributed by atoms with van der Waals surface area (Å²) in [6.45, 7) is 13.8. The second kappa shape index (κ2) is 7.90. The molecule has 0 spiro atoms. The summed E-state index contributed by atoms with van der Waals surface area (Å²) in [4.78, 5) is 13.0. The molecule has 27 heavy (non-hydrogen) atoms. The Morgan fingerprint density at radius 3 is 2.15 bits per heavy atom. The summed E-state index contributed by atoms with van der Waals surface area (Å²) in [5.41, 5.74) is 0.311. The van der Waals surface area contributed by atoms with E-state index in [0.717, 1.165) is 15.9 Å². The standard InChI is InChI=1S/C20H30BNO4S/c1-18(2,3)24-17(23)22-13-15(12-14-8-10-16(27)11-9-14)21-25-19(4,5)20(6,7)26-21/h8-12,27H,13H2,1-7H3,(H,22,23). The van der Waals surface area contributed by atoms with E-state index in [1.165, 1.54) is 0 Å². The first-order valence-corrected chi connectivity index (χ1v) is 9.56. The smallest absolute Gasteiger partial charge is 0.444 e. The maximum atomic E-state index is 12.1. The lowest BCUT2D eigenvalue weighted by Crippen LogP contribution is -2.41. The molecule has 0 aromatic heterocycles. The highest BCUT2D eigenvalue weighted by atomic mass is 32.1. The van der Waals surface area contributed by atoms with E-state index in [-0.39, 0.29) is 6.54 Å². The third kappa shape index (κ3) is 6.02. The van der Waals surface area contributed by atoms with Gasteiger partial charge in [0.1, 0.15) is 5.60 Å². The Balaban J connectivity index is 2.22. The average molecular weight is 391 g/mol. The zero-order valence-corrected chi connectivity index (χ0v) is 18.1. The van der Waals surface area contributed by atoms with E-state index in [4.69, 9.17) is 14.0 Å². The van der Waals surface area contributed by atoms with Crippen LogP contribution in [0.15, 0.2) is 34.6 Å². The summed E-state index contributed by atoms with van der Waals surface area (Å²) < 4.78 is 17.6. The van der Waals surface area contributed by atoms with Gasteiger partial charge in [-0.3, -0.25) is 0 Å². The van der Waals surface area contributed by atoms with Crippen LogP contribution >= 0.6 is 12.6 Å². The van der Waals surface area contributed by atoms with Crippen molar-refractivity contribution in [2.45, 2.75) is 70.2 Å². The second-order valence-electron chi connectivity index (χ2n) is 8.75. The number of hydrogen-bond donors (Lipinski definition) is 2. The minimum absolute atomic E-state index is 0.258. The molecule has 1 aliphatic rings. The molecule has 1 amide bonds. The lowest BCUT2D eigenvalue weighted by Gasteiger charge is -2.32. The van der Waals surface area contributed by atoms with Gasteiger partial charge in [0.2, 0.25) is 0 Å². The molecule has 1 aromatic carbocycles. The molecule has 0 bridgehead atoms. The van der Waals surface area contributed by atoms with E-state index >= 15 is 0 Å². The van der Waals surface area contributed by atoms with Gasteiger partial charge in [0.15, 0.2) is 0 Å². The van der Waals surface area contributed by atoms with E-state index in [1.54, 1.807) is 0 Å². The predicted octanol–water partition coefficient (Wildman–Crippen LogP) is 4.51. The third-order valence-electron chi connectivity index (χ3n) is 4.64. The van der Waals surface area contributed by atoms with Crippen LogP contribution in [0.4, 0.5) is 4.79 Å². The number of carbonyl (C=O) groups excluding carboxylic acids is 1. The lowest BCUT2D eigenvalue weighted by molar-refractivity contribution is 0.00578. The van der Waals surface area contributed by atoms with Crippen molar-refractivity contribution >= 4 is 31.9 Å². The molecule has 0 saturated carbocycles. The van der Waals surface area contributed by atoms with Gasteiger partial charge in [-0.05, 0) is 71.6 Å². The monoisotopic (exact) mass is 391 g/mol. The Labute approximate surface area is 168 Å². The van der Waals surface area contributed by atoms with Crippen molar-refractivity contribution < 1.29 is 18.8 Å². The SMILES string of the molecule is CC(C)(C)OC(=O)NCC(=Cc1ccc(S)cc1)B1OC(C)(C)C(C)(C)O1. The number of rotatable bonds is 4. The molecule has 5 nitrogen and oxygen atoms in total. The van der Waals surface area contributed by atoms with Crippen molar-refractivity contribution in [1.29, 1.82) is 0 Å². The highest BCUT2D eigenvalue weighted by molar-refractivity contribution is 7.80. The molecule has 1 aromatic rings. The molecule has 0 atom stereocenters. The van der Waals surface area contributed by atoms with E-state index < -0.39 is 30.0 Å². The van der Waals surface area contributed by atoms with Gasteiger partial charge in [0.25, 0.3) is 0 Å². The summed E-state index contributed by atoms with van der Waals surface area (Å²) in [5, 5.41) is 2.80. The van der Waals surface area contributed by atoms with Crippen LogP contribution in [0.1, 0.15) is 54.0 Å². The fourth-order valence-electron chi connectivity index (χ4n) is 2.47. The fourth-order valence-corrected chi connectivity index (χ4v) is 2.62. The van der Waals surface area contributed by atoms with Gasteiger partial charge >= 0.3 is 13.2 Å². The van der Waals surface area contributed by atoms with Crippen molar-refractivity contribution in [1.82, 2.24) is 5.32 Å². The maximum absolute atomic E-state index is 12.1. The molecule has 7 heteroatoms. The molecule has 148 valence electrons. The molecule has 1 saturated heterocycles. The number of carbonyl (C=O) groups is 1. The van der Waals surface area contributed by atoms with Crippen molar-refractivity contribution in [3.8, 4) is 0 Å². The van der Waals surface area contributed by atoms with Crippen LogP contribution in [0, 0.1) is 0 Å². The van der Waals surface area contributed by atoms with Crippen LogP contribution in [-0.2, 0) is 14.0 Å². The number of ether oxygens (including phenoxy) is 1. The molecule has 1 aliphatic heterocycles. The molecule has 0 radical (unpaired) electrons. The molecular weight excluding hydrogens is 361 g/mol. The second-order valence-corrected chi connectivity index (χ2v) is 9.27. The van der Waals surface area contributed by atoms with Gasteiger partial charge in [0, 0.05) is 11.4 Å². The summed E-state index contributed by atoms with van der Waals surface area (Å²) in [7, 11) is -0.555. The maximum Gasteiger partial charge on any atom is 0.492 e. The number of alkyl carbamates (subject to hydrolysis) is 1. The first kappa shape index (κ1) is 21.9. The Morgan fingerprint density at radius 2 is 1.67 bits per heavy atom. The fraction of sp³-hybridized carbons (Fsp3) is 0.550. The Hall–Kier alpha value is -1.44. The molecule has 1 fully saturated rings. The minimum Gasteiger partial charge on any atom is -0.444 e. The first-order chi connectivity index (χ1) is 12.3.